The van der Waals surface area contributed by atoms with Crippen LogP contribution >= 0.6 is 0 Å². The van der Waals surface area contributed by atoms with Crippen molar-refractivity contribution < 1.29 is 4.74 Å². The Kier molecular flexibility index (Phi) is 3.02. The van der Waals surface area contributed by atoms with Crippen LogP contribution in [0.1, 0.15) is 11.1 Å². The number of anilines is 1. The Morgan fingerprint density at radius 1 is 1.20 bits per heavy atom. The lowest BCUT2D eigenvalue weighted by molar-refractivity contribution is 0.414. The van der Waals surface area contributed by atoms with Gasteiger partial charge in [-0.1, -0.05) is 12.1 Å². The first-order chi connectivity index (χ1) is 9.69. The number of aryl methyl sites for hydroxylation is 1. The van der Waals surface area contributed by atoms with E-state index < -0.39 is 0 Å². The second-order valence-electron chi connectivity index (χ2n) is 4.74. The topological polar surface area (TPSA) is 66.0 Å². The van der Waals surface area contributed by atoms with Crippen LogP contribution in [0.4, 0.5) is 5.82 Å². The summed E-state index contributed by atoms with van der Waals surface area (Å²) < 4.78 is 7.11. The van der Waals surface area contributed by atoms with Crippen molar-refractivity contribution in [2.45, 2.75) is 13.5 Å². The molecule has 2 aromatic heterocycles. The van der Waals surface area contributed by atoms with Crippen LogP contribution in [0, 0.1) is 6.92 Å². The molecule has 0 spiro atoms. The summed E-state index contributed by atoms with van der Waals surface area (Å²) in [6.07, 6.45) is 3.55. The normalized spacial score (nSPS) is 10.9. The fourth-order valence-electron chi connectivity index (χ4n) is 2.31. The standard InChI is InChI=1S/C15H16N4O/c1-10-7-17-15(16)13-8-18-19(14(10)13)9-11-3-5-12(20-2)6-4-11/h3-8H,9H2,1-2H3,(H2,16,17). The van der Waals surface area contributed by atoms with E-state index in [2.05, 4.69) is 10.1 Å². The van der Waals surface area contributed by atoms with E-state index in [0.29, 0.717) is 12.4 Å². The van der Waals surface area contributed by atoms with E-state index in [1.807, 2.05) is 35.9 Å². The minimum atomic E-state index is 0.520. The predicted octanol–water partition coefficient (Wildman–Crippen LogP) is 2.38. The summed E-state index contributed by atoms with van der Waals surface area (Å²) in [5.41, 5.74) is 9.15. The van der Waals surface area contributed by atoms with E-state index in [0.717, 1.165) is 27.8 Å². The minimum Gasteiger partial charge on any atom is -0.497 e. The molecule has 2 heterocycles. The Bertz CT molecular complexity index is 746. The summed E-state index contributed by atoms with van der Waals surface area (Å²) in [6, 6.07) is 7.96. The lowest BCUT2D eigenvalue weighted by atomic mass is 10.2. The van der Waals surface area contributed by atoms with Crippen LogP contribution in [0.2, 0.25) is 0 Å². The Morgan fingerprint density at radius 3 is 2.65 bits per heavy atom. The van der Waals surface area contributed by atoms with Gasteiger partial charge in [0.1, 0.15) is 11.6 Å². The number of hydrogen-bond donors (Lipinski definition) is 1. The molecule has 102 valence electrons. The predicted molar refractivity (Wildman–Crippen MR) is 78.8 cm³/mol. The number of pyridine rings is 1. The monoisotopic (exact) mass is 268 g/mol. The molecule has 0 radical (unpaired) electrons. The van der Waals surface area contributed by atoms with Crippen LogP contribution in [0.3, 0.4) is 0 Å². The van der Waals surface area contributed by atoms with Crippen molar-refractivity contribution in [1.82, 2.24) is 14.8 Å². The first-order valence-corrected chi connectivity index (χ1v) is 6.38. The van der Waals surface area contributed by atoms with Gasteiger partial charge in [-0.2, -0.15) is 5.10 Å². The molecule has 1 aromatic carbocycles. The van der Waals surface area contributed by atoms with Gasteiger partial charge in [-0.15, -0.1) is 0 Å². The van der Waals surface area contributed by atoms with E-state index in [1.165, 1.54) is 0 Å². The second-order valence-corrected chi connectivity index (χ2v) is 4.74. The molecular weight excluding hydrogens is 252 g/mol. The van der Waals surface area contributed by atoms with Gasteiger partial charge in [0.05, 0.1) is 30.8 Å². The van der Waals surface area contributed by atoms with Crippen molar-refractivity contribution in [2.24, 2.45) is 0 Å². The van der Waals surface area contributed by atoms with Gasteiger partial charge < -0.3 is 10.5 Å². The molecule has 3 rings (SSSR count). The number of benzene rings is 1. The van der Waals surface area contributed by atoms with Gasteiger partial charge >= 0.3 is 0 Å². The number of aromatic nitrogens is 3. The molecule has 0 aliphatic heterocycles. The molecule has 0 aliphatic carbocycles. The number of nitrogens with zero attached hydrogens (tertiary/aromatic N) is 3. The number of fused-ring (bicyclic) bond motifs is 1. The highest BCUT2D eigenvalue weighted by Crippen LogP contribution is 2.23. The van der Waals surface area contributed by atoms with Crippen LogP contribution in [-0.4, -0.2) is 21.9 Å². The molecular formula is C15H16N4O. The van der Waals surface area contributed by atoms with Crippen LogP contribution < -0.4 is 10.5 Å². The molecule has 0 bridgehead atoms. The van der Waals surface area contributed by atoms with Gasteiger partial charge in [0.2, 0.25) is 0 Å². The maximum absolute atomic E-state index is 5.89. The first kappa shape index (κ1) is 12.5. The molecule has 0 unspecified atom stereocenters. The maximum atomic E-state index is 5.89. The fraction of sp³-hybridized carbons (Fsp3) is 0.200. The van der Waals surface area contributed by atoms with E-state index in [-0.39, 0.29) is 0 Å². The zero-order chi connectivity index (χ0) is 14.1. The van der Waals surface area contributed by atoms with Gasteiger partial charge in [-0.25, -0.2) is 4.98 Å². The molecule has 0 fully saturated rings. The molecule has 2 N–H and O–H groups in total. The van der Waals surface area contributed by atoms with Crippen molar-refractivity contribution in [3.8, 4) is 5.75 Å². The Balaban J connectivity index is 2.00. The SMILES string of the molecule is COc1ccc(Cn2ncc3c(N)ncc(C)c32)cc1. The maximum Gasteiger partial charge on any atom is 0.134 e. The number of nitrogen functional groups attached to an aromatic ring is 1. The molecule has 5 heteroatoms. The van der Waals surface area contributed by atoms with E-state index in [9.17, 15) is 0 Å². The van der Waals surface area contributed by atoms with Gasteiger partial charge in [0, 0.05) is 6.20 Å². The lowest BCUT2D eigenvalue weighted by Crippen LogP contribution is -2.03. The largest absolute Gasteiger partial charge is 0.497 e. The zero-order valence-electron chi connectivity index (χ0n) is 11.5. The Labute approximate surface area is 117 Å². The lowest BCUT2D eigenvalue weighted by Gasteiger charge is -2.07. The van der Waals surface area contributed by atoms with Crippen LogP contribution in [0.25, 0.3) is 10.9 Å². The number of ether oxygens (including phenoxy) is 1. The van der Waals surface area contributed by atoms with E-state index in [1.54, 1.807) is 19.5 Å². The minimum absolute atomic E-state index is 0.520. The van der Waals surface area contributed by atoms with Gasteiger partial charge in [-0.3, -0.25) is 4.68 Å². The van der Waals surface area contributed by atoms with Gasteiger partial charge in [0.25, 0.3) is 0 Å². The summed E-state index contributed by atoms with van der Waals surface area (Å²) in [4.78, 5) is 4.16. The quantitative estimate of drug-likeness (QED) is 0.792. The second kappa shape index (κ2) is 4.85. The summed E-state index contributed by atoms with van der Waals surface area (Å²) >= 11 is 0. The first-order valence-electron chi connectivity index (χ1n) is 6.38. The molecule has 0 saturated heterocycles. The molecule has 0 atom stereocenters. The van der Waals surface area contributed by atoms with Gasteiger partial charge in [-0.05, 0) is 30.2 Å². The van der Waals surface area contributed by atoms with Crippen molar-refractivity contribution in [3.63, 3.8) is 0 Å². The highest BCUT2D eigenvalue weighted by molar-refractivity contribution is 5.90. The van der Waals surface area contributed by atoms with Crippen LogP contribution in [0.5, 0.6) is 5.75 Å². The molecule has 0 aliphatic rings. The molecule has 0 saturated carbocycles. The molecule has 0 amide bonds. The third-order valence-corrected chi connectivity index (χ3v) is 3.38. The van der Waals surface area contributed by atoms with Crippen molar-refractivity contribution >= 4 is 16.7 Å². The van der Waals surface area contributed by atoms with Crippen LogP contribution in [-0.2, 0) is 6.54 Å². The fourth-order valence-corrected chi connectivity index (χ4v) is 2.31. The van der Waals surface area contributed by atoms with Crippen molar-refractivity contribution in [2.75, 3.05) is 12.8 Å². The van der Waals surface area contributed by atoms with Gasteiger partial charge in [0.15, 0.2) is 0 Å². The molecule has 5 nitrogen and oxygen atoms in total. The Hall–Kier alpha value is -2.56. The molecule has 3 aromatic rings. The third-order valence-electron chi connectivity index (χ3n) is 3.38. The highest BCUT2D eigenvalue weighted by Gasteiger charge is 2.09. The van der Waals surface area contributed by atoms with Crippen molar-refractivity contribution in [3.05, 3.63) is 47.8 Å². The van der Waals surface area contributed by atoms with Crippen molar-refractivity contribution in [1.29, 1.82) is 0 Å². The van der Waals surface area contributed by atoms with Crippen LogP contribution in [0.15, 0.2) is 36.7 Å². The highest BCUT2D eigenvalue weighted by atomic mass is 16.5. The zero-order valence-corrected chi connectivity index (χ0v) is 11.5. The number of rotatable bonds is 3. The number of nitrogens with two attached hydrogens (primary N) is 1. The average Bonchev–Trinajstić information content (AvgIpc) is 2.89. The number of hydrogen-bond acceptors (Lipinski definition) is 4. The smallest absolute Gasteiger partial charge is 0.134 e. The summed E-state index contributed by atoms with van der Waals surface area (Å²) in [5, 5.41) is 5.32. The third kappa shape index (κ3) is 2.07. The Morgan fingerprint density at radius 2 is 1.95 bits per heavy atom. The number of methoxy groups -OCH3 is 1. The summed E-state index contributed by atoms with van der Waals surface area (Å²) in [5.74, 6) is 1.37. The van der Waals surface area contributed by atoms with E-state index >= 15 is 0 Å². The summed E-state index contributed by atoms with van der Waals surface area (Å²) in [6.45, 7) is 2.71. The van der Waals surface area contributed by atoms with E-state index in [4.69, 9.17) is 10.5 Å². The summed E-state index contributed by atoms with van der Waals surface area (Å²) in [7, 11) is 1.66. The average molecular weight is 268 g/mol. The molecule has 20 heavy (non-hydrogen) atoms.